The largest absolute Gasteiger partial charge is 0.497 e. The summed E-state index contributed by atoms with van der Waals surface area (Å²) in [6, 6.07) is 21.3. The van der Waals surface area contributed by atoms with Gasteiger partial charge in [-0.3, -0.25) is 19.2 Å². The van der Waals surface area contributed by atoms with Crippen molar-refractivity contribution in [1.29, 1.82) is 0 Å². The van der Waals surface area contributed by atoms with Crippen LogP contribution in [0.3, 0.4) is 0 Å². The van der Waals surface area contributed by atoms with Crippen LogP contribution in [0.1, 0.15) is 105 Å². The molecule has 0 aliphatic rings. The minimum atomic E-state index is -0.907. The summed E-state index contributed by atoms with van der Waals surface area (Å²) in [5, 5.41) is 46.4. The van der Waals surface area contributed by atoms with E-state index in [0.29, 0.717) is 98.2 Å². The molecule has 0 spiro atoms. The smallest absolute Gasteiger partial charge is 0.373 e. The van der Waals surface area contributed by atoms with E-state index in [-0.39, 0.29) is 67.6 Å². The van der Waals surface area contributed by atoms with Gasteiger partial charge in [0.1, 0.15) is 46.1 Å². The molecule has 0 radical (unpaired) electrons. The highest BCUT2D eigenvalue weighted by molar-refractivity contribution is 14.1. The molecule has 0 aliphatic heterocycles. The van der Waals surface area contributed by atoms with Crippen molar-refractivity contribution in [2.24, 2.45) is 5.73 Å². The number of nitrogens with two attached hydrogens (primary N) is 3. The number of nitrogens with zero attached hydrogens (tertiary/aromatic N) is 2. The zero-order valence-corrected chi connectivity index (χ0v) is 70.6. The minimum Gasteiger partial charge on any atom is -0.497 e. The van der Waals surface area contributed by atoms with E-state index >= 15 is 0 Å². The van der Waals surface area contributed by atoms with E-state index in [2.05, 4.69) is 70.7 Å². The lowest BCUT2D eigenvalue weighted by Gasteiger charge is -2.28. The number of aldehydes is 1. The zero-order valence-electron chi connectivity index (χ0n) is 62.5. The molecule has 4 rings (SSSR count). The Bertz CT molecular complexity index is 3050. The highest BCUT2D eigenvalue weighted by atomic mass is 127. The van der Waals surface area contributed by atoms with Gasteiger partial charge in [0, 0.05) is 105 Å². The summed E-state index contributed by atoms with van der Waals surface area (Å²) >= 11 is 32.8. The Kier molecular flexibility index (Phi) is 53.9. The number of rotatable bonds is 36. The maximum absolute atomic E-state index is 12.4. The first-order valence-corrected chi connectivity index (χ1v) is 38.5. The average molecular weight is 1770 g/mol. The third-order valence-corrected chi connectivity index (χ3v) is 16.1. The maximum atomic E-state index is 12.4. The molecule has 0 amide bonds. The quantitative estimate of drug-likeness (QED) is 0.00385. The van der Waals surface area contributed by atoms with Crippen LogP contribution >= 0.6 is 103 Å². The first kappa shape index (κ1) is 101. The van der Waals surface area contributed by atoms with E-state index < -0.39 is 50.0 Å². The first-order chi connectivity index (χ1) is 48.1. The number of halogens is 7. The molecule has 0 fully saturated rings. The summed E-state index contributed by atoms with van der Waals surface area (Å²) < 4.78 is 38.6. The SMILES string of the molecule is CB(O)N[C@@H](CI)CC(=O)OC(C)(C)C.COc1ccc(N(CCCl)CCCl)c(C[C@@H](CC(=O)OC(C)(C)C)NB(C)O)c1.COc1ccc(N(CCCl)CCCl)c(C[C@H](N)CC(=O)O)c1.COc1ccc(N)c(C[C@@H](CC(=O)OC(C)(C)C)NB(C)O)c1.COc1ccc(N)c(I)c1.O=CCCl. The monoisotopic (exact) mass is 1770 g/mol. The molecule has 103 heavy (non-hydrogen) atoms. The van der Waals surface area contributed by atoms with E-state index in [1.807, 2.05) is 123 Å². The highest BCUT2D eigenvalue weighted by Crippen LogP contribution is 2.30. The number of ether oxygens (including phenoxy) is 7. The molecule has 34 heteroatoms. The molecule has 24 nitrogen and oxygen atoms in total. The van der Waals surface area contributed by atoms with Crippen LogP contribution in [-0.4, -0.2) is 201 Å². The van der Waals surface area contributed by atoms with Crippen LogP contribution in [-0.2, 0) is 57.4 Å². The van der Waals surface area contributed by atoms with Gasteiger partial charge in [0.25, 0.3) is 0 Å². The Morgan fingerprint density at radius 2 is 0.816 bits per heavy atom. The number of hydrogen-bond acceptors (Lipinski definition) is 23. The molecule has 4 aromatic rings. The fraction of sp³-hybridized carbons (Fsp3) is 0.580. The molecular formula is C69H112B3Cl5I2N8O16. The lowest BCUT2D eigenvalue weighted by atomic mass is 9.85. The van der Waals surface area contributed by atoms with E-state index in [1.54, 1.807) is 61.0 Å². The van der Waals surface area contributed by atoms with Crippen LogP contribution in [0.25, 0.3) is 0 Å². The van der Waals surface area contributed by atoms with Crippen LogP contribution < -0.4 is 61.6 Å². The van der Waals surface area contributed by atoms with Gasteiger partial charge in [-0.15, -0.1) is 58.0 Å². The number of carboxylic acid groups (broad SMARTS) is 1. The molecule has 0 unspecified atom stereocenters. The Labute approximate surface area is 665 Å². The highest BCUT2D eigenvalue weighted by Gasteiger charge is 2.27. The molecule has 0 bridgehead atoms. The summed E-state index contributed by atoms with van der Waals surface area (Å²) in [4.78, 5) is 59.9. The number of carbonyl (C=O) groups excluding carboxylic acids is 4. The standard InChI is InChI=1S/C20H33BCl2N2O4.C16H27BN2O4.C15H22Cl2N2O3.C9H19BINO3.C7H8INO.C2H3ClO/c1-20(2,3)29-19(26)14-16(24-21(4)27)12-15-13-17(28-5)6-7-18(15)25(10-8-22)11-9-23;1-16(2,3)23-15(20)10-12(19-17(4)21)8-11-9-13(22-5)6-7-14(11)18;1-22-13-2-3-14(19(6-4-16)7-5-17)11(9-13)8-12(18)10-15(20)21;1-9(2,3)15-8(13)5-7(6-11)12-10(4)14;1-10-5-2-3-7(9)6(8)4-5;3-1-2-4/h6-7,13,16,24,27H,8-12,14H2,1-5H3;6-7,9,12,19,21H,8,10,18H2,1-5H3;2-3,9,12H,4-8,10,18H2,1H3,(H,20,21);7,12,14H,5-6H2,1-4H3;2-4H,9H2,1H3;2H,1H2/t16-;2*12-;7-;;/m0001../s1. The van der Waals surface area contributed by atoms with Gasteiger partial charge >= 0.3 is 45.0 Å². The van der Waals surface area contributed by atoms with Crippen molar-refractivity contribution >= 4 is 177 Å². The van der Waals surface area contributed by atoms with Crippen molar-refractivity contribution in [3.05, 3.63) is 93.1 Å². The van der Waals surface area contributed by atoms with Gasteiger partial charge in [-0.25, -0.2) is 0 Å². The van der Waals surface area contributed by atoms with Gasteiger partial charge in [-0.05, 0) is 214 Å². The number of nitrogen functional groups attached to an aromatic ring is 2. The van der Waals surface area contributed by atoms with Crippen molar-refractivity contribution in [2.45, 2.75) is 169 Å². The second kappa shape index (κ2) is 55.1. The minimum absolute atomic E-state index is 0.0413. The zero-order chi connectivity index (χ0) is 79.2. The van der Waals surface area contributed by atoms with E-state index in [4.69, 9.17) is 123 Å². The number of aliphatic carboxylic acids is 1. The second-order valence-corrected chi connectivity index (χ2v) is 30.0. The number of nitrogens with one attached hydrogen (secondary N) is 3. The topological polar surface area (TPSA) is 352 Å². The van der Waals surface area contributed by atoms with Crippen molar-refractivity contribution < 1.29 is 77.3 Å². The predicted molar refractivity (Wildman–Crippen MR) is 442 cm³/mol. The Balaban J connectivity index is 0. The van der Waals surface area contributed by atoms with Crippen LogP contribution in [0.4, 0.5) is 22.7 Å². The summed E-state index contributed by atoms with van der Waals surface area (Å²) in [7, 11) is 4.31. The fourth-order valence-electron chi connectivity index (χ4n) is 9.38. The summed E-state index contributed by atoms with van der Waals surface area (Å²) in [6.45, 7) is 23.9. The predicted octanol–water partition coefficient (Wildman–Crippen LogP) is 10.8. The molecule has 0 aromatic heterocycles. The normalized spacial score (nSPS) is 12.0. The Morgan fingerprint density at radius 1 is 0.515 bits per heavy atom. The number of carboxylic acids is 1. The second-order valence-electron chi connectivity index (χ2n) is 26.1. The molecule has 4 aromatic carbocycles. The number of methoxy groups -OCH3 is 4. The summed E-state index contributed by atoms with van der Waals surface area (Å²) in [5.41, 5.74) is 22.1. The van der Waals surface area contributed by atoms with Crippen molar-refractivity contribution in [2.75, 3.05) is 110 Å². The van der Waals surface area contributed by atoms with Crippen molar-refractivity contribution in [3.63, 3.8) is 0 Å². The molecule has 582 valence electrons. The molecule has 0 saturated heterocycles. The van der Waals surface area contributed by atoms with Gasteiger partial charge in [0.2, 0.25) is 0 Å². The fourth-order valence-corrected chi connectivity index (χ4v) is 11.2. The maximum Gasteiger partial charge on any atom is 0.373 e. The summed E-state index contributed by atoms with van der Waals surface area (Å²) in [6.07, 6.45) is 2.53. The number of carbonyl (C=O) groups is 5. The summed E-state index contributed by atoms with van der Waals surface area (Å²) in [5.74, 6) is 3.17. The number of alkyl halides is 6. The van der Waals surface area contributed by atoms with Gasteiger partial charge < -0.3 is 101 Å². The number of anilines is 4. The molecule has 13 N–H and O–H groups in total. The van der Waals surface area contributed by atoms with Crippen molar-refractivity contribution in [3.8, 4) is 23.0 Å². The van der Waals surface area contributed by atoms with Crippen LogP contribution in [0, 0.1) is 3.57 Å². The first-order valence-electron chi connectivity index (χ1n) is 33.2. The van der Waals surface area contributed by atoms with Gasteiger partial charge in [0.05, 0.1) is 60.0 Å². The lowest BCUT2D eigenvalue weighted by Crippen LogP contribution is -2.43. The van der Waals surface area contributed by atoms with Crippen LogP contribution in [0.5, 0.6) is 23.0 Å². The average Bonchev–Trinajstić information content (AvgIpc) is 0.840. The Morgan fingerprint density at radius 3 is 1.12 bits per heavy atom. The van der Waals surface area contributed by atoms with Crippen LogP contribution in [0.2, 0.25) is 20.5 Å². The molecular weight excluding hydrogens is 1660 g/mol. The molecule has 4 atom stereocenters. The van der Waals surface area contributed by atoms with Crippen LogP contribution in [0.15, 0.2) is 72.8 Å². The third kappa shape index (κ3) is 50.0. The molecule has 0 saturated carbocycles. The van der Waals surface area contributed by atoms with Gasteiger partial charge in [-0.1, -0.05) is 22.6 Å². The molecule has 0 aliphatic carbocycles. The van der Waals surface area contributed by atoms with E-state index in [9.17, 15) is 29.2 Å². The number of hydrogen-bond donors (Lipinski definition) is 10. The van der Waals surface area contributed by atoms with E-state index in [0.717, 1.165) is 47.5 Å². The third-order valence-electron chi connectivity index (χ3n) is 13.3. The number of esters is 3. The molecule has 0 heterocycles. The number of benzene rings is 4. The Hall–Kier alpha value is -4.35. The lowest BCUT2D eigenvalue weighted by molar-refractivity contribution is -0.156. The van der Waals surface area contributed by atoms with E-state index in [1.165, 1.54) is 0 Å². The van der Waals surface area contributed by atoms with Gasteiger partial charge in [-0.2, -0.15) is 0 Å². The van der Waals surface area contributed by atoms with Gasteiger partial charge in [0.15, 0.2) is 0 Å². The van der Waals surface area contributed by atoms with Crippen molar-refractivity contribution in [1.82, 2.24) is 15.7 Å².